The molecule has 0 bridgehead atoms. The van der Waals surface area contributed by atoms with Crippen LogP contribution in [0, 0.1) is 0 Å². The molecule has 0 aromatic carbocycles. The van der Waals surface area contributed by atoms with Gasteiger partial charge in [-0.2, -0.15) is 0 Å². The van der Waals surface area contributed by atoms with Gasteiger partial charge in [-0.05, 0) is 46.8 Å². The molecule has 2 heteroatoms. The van der Waals surface area contributed by atoms with Crippen molar-refractivity contribution in [1.82, 2.24) is 0 Å². The van der Waals surface area contributed by atoms with Crippen LogP contribution in [0.3, 0.4) is 0 Å². The monoisotopic (exact) mass is 212 g/mol. The van der Waals surface area contributed by atoms with Crippen LogP contribution in [-0.4, -0.2) is 14.9 Å². The molecule has 0 rings (SSSR count). The molecule has 0 saturated heterocycles. The van der Waals surface area contributed by atoms with Crippen LogP contribution >= 0.6 is 0 Å². The maximum absolute atomic E-state index is 5.75. The molecule has 0 aromatic rings. The molecule has 14 heavy (non-hydrogen) atoms. The van der Waals surface area contributed by atoms with Gasteiger partial charge in [0.25, 0.3) is 0 Å². The molecule has 0 amide bonds. The first kappa shape index (κ1) is 13.7. The van der Waals surface area contributed by atoms with Crippen LogP contribution < -0.4 is 0 Å². The smallest absolute Gasteiger partial charge is 0.184 e. The van der Waals surface area contributed by atoms with E-state index in [0.29, 0.717) is 0 Å². The highest BCUT2D eigenvalue weighted by molar-refractivity contribution is 6.69. The maximum atomic E-state index is 5.75. The van der Waals surface area contributed by atoms with Crippen LogP contribution in [0.15, 0.2) is 23.3 Å². The Morgan fingerprint density at radius 3 is 2.07 bits per heavy atom. The normalized spacial score (nSPS) is 12.9. The Morgan fingerprint density at radius 1 is 1.07 bits per heavy atom. The van der Waals surface area contributed by atoms with Gasteiger partial charge in [0.15, 0.2) is 8.32 Å². The molecule has 0 heterocycles. The largest absolute Gasteiger partial charge is 0.414 e. The minimum Gasteiger partial charge on any atom is -0.414 e. The van der Waals surface area contributed by atoms with E-state index in [0.717, 1.165) is 13.0 Å². The van der Waals surface area contributed by atoms with Gasteiger partial charge in [0.2, 0.25) is 0 Å². The van der Waals surface area contributed by atoms with Crippen molar-refractivity contribution in [3.05, 3.63) is 23.3 Å². The zero-order valence-corrected chi connectivity index (χ0v) is 11.5. The molecule has 82 valence electrons. The predicted molar refractivity (Wildman–Crippen MR) is 67.1 cm³/mol. The van der Waals surface area contributed by atoms with Crippen molar-refractivity contribution in [3.63, 3.8) is 0 Å². The lowest BCUT2D eigenvalue weighted by atomic mass is 10.1. The van der Waals surface area contributed by atoms with Gasteiger partial charge >= 0.3 is 0 Å². The standard InChI is InChI=1S/C12H24OSi/c1-11(2)7-8-12(3)9-10-13-14(4,5)6/h7,9H,8,10H2,1-6H3. The third-order valence-electron chi connectivity index (χ3n) is 1.78. The summed E-state index contributed by atoms with van der Waals surface area (Å²) in [6.45, 7) is 13.8. The highest BCUT2D eigenvalue weighted by Crippen LogP contribution is 2.06. The van der Waals surface area contributed by atoms with Gasteiger partial charge in [-0.25, -0.2) is 0 Å². The van der Waals surface area contributed by atoms with E-state index in [9.17, 15) is 0 Å². The average molecular weight is 212 g/mol. The summed E-state index contributed by atoms with van der Waals surface area (Å²) in [5.41, 5.74) is 2.77. The van der Waals surface area contributed by atoms with Crippen molar-refractivity contribution in [3.8, 4) is 0 Å². The van der Waals surface area contributed by atoms with Gasteiger partial charge < -0.3 is 4.43 Å². The van der Waals surface area contributed by atoms with Crippen molar-refractivity contribution >= 4 is 8.32 Å². The quantitative estimate of drug-likeness (QED) is 0.491. The van der Waals surface area contributed by atoms with Crippen LogP contribution in [0.25, 0.3) is 0 Å². The highest BCUT2D eigenvalue weighted by atomic mass is 28.4. The first-order chi connectivity index (χ1) is 6.31. The van der Waals surface area contributed by atoms with Gasteiger partial charge in [-0.1, -0.05) is 23.3 Å². The topological polar surface area (TPSA) is 9.23 Å². The molecule has 0 spiro atoms. The summed E-state index contributed by atoms with van der Waals surface area (Å²) in [5, 5.41) is 0. The second-order valence-corrected chi connectivity index (χ2v) is 9.47. The number of hydrogen-bond acceptors (Lipinski definition) is 1. The number of allylic oxidation sites excluding steroid dienone is 3. The fourth-order valence-electron chi connectivity index (χ4n) is 0.882. The summed E-state index contributed by atoms with van der Waals surface area (Å²) in [5.74, 6) is 0. The molecule has 0 unspecified atom stereocenters. The molecule has 0 radical (unpaired) electrons. The summed E-state index contributed by atoms with van der Waals surface area (Å²) in [7, 11) is -1.33. The molecule has 0 fully saturated rings. The lowest BCUT2D eigenvalue weighted by molar-refractivity contribution is 0.356. The first-order valence-corrected chi connectivity index (χ1v) is 8.65. The Kier molecular flexibility index (Phi) is 6.05. The molecule has 1 nitrogen and oxygen atoms in total. The zero-order chi connectivity index (χ0) is 11.2. The highest BCUT2D eigenvalue weighted by Gasteiger charge is 2.12. The summed E-state index contributed by atoms with van der Waals surface area (Å²) < 4.78 is 5.75. The Morgan fingerprint density at radius 2 is 1.64 bits per heavy atom. The Labute approximate surface area is 90.0 Å². The van der Waals surface area contributed by atoms with Gasteiger partial charge in [0.1, 0.15) is 0 Å². The lowest BCUT2D eigenvalue weighted by Gasteiger charge is -2.15. The lowest BCUT2D eigenvalue weighted by Crippen LogP contribution is -2.25. The van der Waals surface area contributed by atoms with E-state index in [-0.39, 0.29) is 0 Å². The average Bonchev–Trinajstić information content (AvgIpc) is 1.98. The minimum atomic E-state index is -1.33. The van der Waals surface area contributed by atoms with E-state index >= 15 is 0 Å². The number of rotatable bonds is 5. The summed E-state index contributed by atoms with van der Waals surface area (Å²) in [6, 6.07) is 0. The second-order valence-electron chi connectivity index (χ2n) is 4.96. The fourth-order valence-corrected chi connectivity index (χ4v) is 1.47. The summed E-state index contributed by atoms with van der Waals surface area (Å²) in [4.78, 5) is 0. The predicted octanol–water partition coefficient (Wildman–Crippen LogP) is 4.14. The second kappa shape index (κ2) is 6.20. The molecule has 0 aromatic heterocycles. The van der Waals surface area contributed by atoms with Crippen molar-refractivity contribution in [2.45, 2.75) is 46.8 Å². The van der Waals surface area contributed by atoms with E-state index in [4.69, 9.17) is 4.43 Å². The van der Waals surface area contributed by atoms with Gasteiger partial charge in [-0.15, -0.1) is 0 Å². The third kappa shape index (κ3) is 9.74. The minimum absolute atomic E-state index is 0.776. The van der Waals surface area contributed by atoms with Gasteiger partial charge in [0.05, 0.1) is 6.61 Å². The van der Waals surface area contributed by atoms with Crippen LogP contribution in [0.5, 0.6) is 0 Å². The molecular formula is C12H24OSi. The van der Waals surface area contributed by atoms with Crippen LogP contribution in [0.2, 0.25) is 19.6 Å². The van der Waals surface area contributed by atoms with Gasteiger partial charge in [0, 0.05) is 0 Å². The van der Waals surface area contributed by atoms with E-state index in [1.54, 1.807) is 0 Å². The first-order valence-electron chi connectivity index (χ1n) is 5.24. The fraction of sp³-hybridized carbons (Fsp3) is 0.667. The van der Waals surface area contributed by atoms with E-state index in [1.165, 1.54) is 11.1 Å². The zero-order valence-electron chi connectivity index (χ0n) is 10.5. The van der Waals surface area contributed by atoms with Crippen molar-refractivity contribution in [2.24, 2.45) is 0 Å². The number of hydrogen-bond donors (Lipinski definition) is 0. The SMILES string of the molecule is CC(C)=CCC(C)=CCO[Si](C)(C)C. The van der Waals surface area contributed by atoms with Crippen molar-refractivity contribution < 1.29 is 4.43 Å². The van der Waals surface area contributed by atoms with E-state index < -0.39 is 8.32 Å². The Balaban J connectivity index is 3.84. The Bertz CT molecular complexity index is 217. The van der Waals surface area contributed by atoms with Crippen LogP contribution in [0.4, 0.5) is 0 Å². The molecule has 0 atom stereocenters. The Hall–Kier alpha value is -0.343. The molecule has 0 aliphatic rings. The molecule has 0 aliphatic carbocycles. The molecular weight excluding hydrogens is 188 g/mol. The molecule has 0 saturated carbocycles. The molecule has 0 aliphatic heterocycles. The third-order valence-corrected chi connectivity index (χ3v) is 2.81. The maximum Gasteiger partial charge on any atom is 0.184 e. The van der Waals surface area contributed by atoms with Crippen LogP contribution in [-0.2, 0) is 4.43 Å². The molecule has 0 N–H and O–H groups in total. The van der Waals surface area contributed by atoms with E-state index in [1.807, 2.05) is 0 Å². The summed E-state index contributed by atoms with van der Waals surface area (Å²) >= 11 is 0. The van der Waals surface area contributed by atoms with Crippen LogP contribution in [0.1, 0.15) is 27.2 Å². The summed E-state index contributed by atoms with van der Waals surface area (Å²) in [6.07, 6.45) is 5.50. The van der Waals surface area contributed by atoms with Gasteiger partial charge in [-0.3, -0.25) is 0 Å². The van der Waals surface area contributed by atoms with Crippen molar-refractivity contribution in [2.75, 3.05) is 6.61 Å². The van der Waals surface area contributed by atoms with E-state index in [2.05, 4.69) is 52.6 Å². The van der Waals surface area contributed by atoms with Crippen molar-refractivity contribution in [1.29, 1.82) is 0 Å².